The molecule has 2 rings (SSSR count). The molecule has 0 aliphatic rings. The molecule has 0 radical (unpaired) electrons. The highest BCUT2D eigenvalue weighted by Gasteiger charge is 2.19. The fraction of sp³-hybridized carbons (Fsp3) is 0.571. The number of hydrogen-bond acceptors (Lipinski definition) is 4. The van der Waals surface area contributed by atoms with Crippen molar-refractivity contribution in [3.8, 4) is 0 Å². The van der Waals surface area contributed by atoms with Crippen LogP contribution >= 0.6 is 0 Å². The Hall–Kier alpha value is -1.62. The van der Waals surface area contributed by atoms with Gasteiger partial charge in [0.2, 0.25) is 5.95 Å². The molecule has 2 aromatic heterocycles. The first-order chi connectivity index (χ1) is 8.87. The first-order valence-electron chi connectivity index (χ1n) is 6.58. The Morgan fingerprint density at radius 2 is 2.11 bits per heavy atom. The second kappa shape index (κ2) is 5.17. The van der Waals surface area contributed by atoms with Crippen LogP contribution in [-0.2, 0) is 0 Å². The van der Waals surface area contributed by atoms with Crippen molar-refractivity contribution in [2.75, 3.05) is 32.5 Å². The topological polar surface area (TPSA) is 45.5 Å². The molecule has 0 bridgehead atoms. The number of aromatic nitrogens is 3. The van der Waals surface area contributed by atoms with Crippen LogP contribution in [0.4, 0.5) is 5.95 Å². The van der Waals surface area contributed by atoms with Crippen LogP contribution in [0, 0.1) is 12.3 Å². The van der Waals surface area contributed by atoms with E-state index in [2.05, 4.69) is 48.2 Å². The zero-order valence-electron chi connectivity index (χ0n) is 12.4. The lowest BCUT2D eigenvalue weighted by atomic mass is 9.93. The molecular formula is C14H23N5. The lowest BCUT2D eigenvalue weighted by Gasteiger charge is -2.28. The summed E-state index contributed by atoms with van der Waals surface area (Å²) in [5.74, 6) is 0.695. The maximum atomic E-state index is 4.52. The van der Waals surface area contributed by atoms with Gasteiger partial charge in [0.1, 0.15) is 0 Å². The standard InChI is InChI=1S/C14H23N5/c1-11-7-6-8-19-12(11)16-13(17-19)15-9-14(2,3)10-18(4)5/h6-8H,9-10H2,1-5H3,(H,15,17). The third-order valence-corrected chi connectivity index (χ3v) is 3.03. The van der Waals surface area contributed by atoms with E-state index in [9.17, 15) is 0 Å². The molecule has 5 nitrogen and oxygen atoms in total. The van der Waals surface area contributed by atoms with Crippen LogP contribution in [0.2, 0.25) is 0 Å². The van der Waals surface area contributed by atoms with Crippen molar-refractivity contribution in [2.45, 2.75) is 20.8 Å². The summed E-state index contributed by atoms with van der Waals surface area (Å²) >= 11 is 0. The van der Waals surface area contributed by atoms with Crippen LogP contribution in [0.3, 0.4) is 0 Å². The SMILES string of the molecule is Cc1cccn2nc(NCC(C)(C)CN(C)C)nc12. The van der Waals surface area contributed by atoms with Crippen LogP contribution in [0.5, 0.6) is 0 Å². The molecule has 0 fully saturated rings. The molecule has 0 spiro atoms. The van der Waals surface area contributed by atoms with Crippen LogP contribution in [0.15, 0.2) is 18.3 Å². The Kier molecular flexibility index (Phi) is 3.75. The van der Waals surface area contributed by atoms with Crippen molar-refractivity contribution in [1.82, 2.24) is 19.5 Å². The van der Waals surface area contributed by atoms with Gasteiger partial charge in [-0.1, -0.05) is 19.9 Å². The van der Waals surface area contributed by atoms with E-state index in [4.69, 9.17) is 0 Å². The number of fused-ring (bicyclic) bond motifs is 1. The molecule has 0 aliphatic heterocycles. The predicted octanol–water partition coefficient (Wildman–Crippen LogP) is 2.04. The minimum absolute atomic E-state index is 0.177. The highest BCUT2D eigenvalue weighted by molar-refractivity contribution is 5.49. The van der Waals surface area contributed by atoms with Crippen molar-refractivity contribution >= 4 is 11.6 Å². The van der Waals surface area contributed by atoms with E-state index < -0.39 is 0 Å². The molecular weight excluding hydrogens is 238 g/mol. The average molecular weight is 261 g/mol. The number of anilines is 1. The summed E-state index contributed by atoms with van der Waals surface area (Å²) in [6.07, 6.45) is 1.92. The molecule has 0 saturated heterocycles. The Bertz CT molecular complexity index is 556. The number of rotatable bonds is 5. The predicted molar refractivity (Wildman–Crippen MR) is 78.5 cm³/mol. The van der Waals surface area contributed by atoms with Crippen LogP contribution in [0.1, 0.15) is 19.4 Å². The highest BCUT2D eigenvalue weighted by Crippen LogP contribution is 2.17. The largest absolute Gasteiger partial charge is 0.352 e. The second-order valence-corrected chi connectivity index (χ2v) is 6.15. The van der Waals surface area contributed by atoms with Gasteiger partial charge in [-0.25, -0.2) is 4.52 Å². The maximum Gasteiger partial charge on any atom is 0.243 e. The van der Waals surface area contributed by atoms with E-state index in [1.165, 1.54) is 0 Å². The quantitative estimate of drug-likeness (QED) is 0.894. The minimum Gasteiger partial charge on any atom is -0.352 e. The smallest absolute Gasteiger partial charge is 0.243 e. The monoisotopic (exact) mass is 261 g/mol. The Labute approximate surface area is 114 Å². The zero-order valence-corrected chi connectivity index (χ0v) is 12.4. The maximum absolute atomic E-state index is 4.52. The molecule has 19 heavy (non-hydrogen) atoms. The summed E-state index contributed by atoms with van der Waals surface area (Å²) in [6.45, 7) is 8.39. The van der Waals surface area contributed by atoms with Crippen molar-refractivity contribution in [3.63, 3.8) is 0 Å². The van der Waals surface area contributed by atoms with E-state index in [1.807, 2.05) is 29.8 Å². The Morgan fingerprint density at radius 1 is 1.37 bits per heavy atom. The zero-order chi connectivity index (χ0) is 14.0. The lowest BCUT2D eigenvalue weighted by molar-refractivity contribution is 0.254. The molecule has 104 valence electrons. The number of nitrogens with one attached hydrogen (secondary N) is 1. The van der Waals surface area contributed by atoms with Crippen molar-refractivity contribution in [3.05, 3.63) is 23.9 Å². The molecule has 0 unspecified atom stereocenters. The first kappa shape index (κ1) is 13.8. The number of nitrogens with zero attached hydrogens (tertiary/aromatic N) is 4. The van der Waals surface area contributed by atoms with Gasteiger partial charge in [-0.05, 0) is 38.1 Å². The van der Waals surface area contributed by atoms with Crippen molar-refractivity contribution in [2.24, 2.45) is 5.41 Å². The van der Waals surface area contributed by atoms with Crippen molar-refractivity contribution in [1.29, 1.82) is 0 Å². The summed E-state index contributed by atoms with van der Waals surface area (Å²) in [4.78, 5) is 6.72. The third kappa shape index (κ3) is 3.44. The summed E-state index contributed by atoms with van der Waals surface area (Å²) in [5.41, 5.74) is 2.22. The fourth-order valence-electron chi connectivity index (χ4n) is 2.34. The first-order valence-corrected chi connectivity index (χ1v) is 6.58. The number of aryl methyl sites for hydroxylation is 1. The number of hydrogen-bond donors (Lipinski definition) is 1. The van der Waals surface area contributed by atoms with Gasteiger partial charge in [-0.2, -0.15) is 4.98 Å². The van der Waals surface area contributed by atoms with Gasteiger partial charge in [0, 0.05) is 19.3 Å². The van der Waals surface area contributed by atoms with Crippen LogP contribution in [-0.4, -0.2) is 46.7 Å². The Balaban J connectivity index is 2.08. The summed E-state index contributed by atoms with van der Waals surface area (Å²) < 4.78 is 1.82. The molecule has 0 amide bonds. The normalized spacial score (nSPS) is 12.3. The van der Waals surface area contributed by atoms with Gasteiger partial charge in [0.15, 0.2) is 5.65 Å². The minimum atomic E-state index is 0.177. The second-order valence-electron chi connectivity index (χ2n) is 6.15. The molecule has 0 saturated carbocycles. The van der Waals surface area contributed by atoms with E-state index >= 15 is 0 Å². The molecule has 5 heteroatoms. The van der Waals surface area contributed by atoms with Crippen LogP contribution in [0.25, 0.3) is 5.65 Å². The van der Waals surface area contributed by atoms with Crippen molar-refractivity contribution < 1.29 is 0 Å². The van der Waals surface area contributed by atoms with E-state index in [1.54, 1.807) is 0 Å². The van der Waals surface area contributed by atoms with Gasteiger partial charge >= 0.3 is 0 Å². The molecule has 0 aromatic carbocycles. The van der Waals surface area contributed by atoms with E-state index in [-0.39, 0.29) is 5.41 Å². The molecule has 1 N–H and O–H groups in total. The third-order valence-electron chi connectivity index (χ3n) is 3.03. The number of pyridine rings is 1. The lowest BCUT2D eigenvalue weighted by Crippen LogP contribution is -2.34. The highest BCUT2D eigenvalue weighted by atomic mass is 15.3. The molecule has 2 aromatic rings. The van der Waals surface area contributed by atoms with Gasteiger partial charge in [-0.3, -0.25) is 0 Å². The van der Waals surface area contributed by atoms with Gasteiger partial charge in [0.05, 0.1) is 0 Å². The molecule has 0 aliphatic carbocycles. The van der Waals surface area contributed by atoms with Gasteiger partial charge in [-0.15, -0.1) is 5.10 Å². The fourth-order valence-corrected chi connectivity index (χ4v) is 2.34. The summed E-state index contributed by atoms with van der Waals surface area (Å²) in [5, 5.41) is 7.77. The van der Waals surface area contributed by atoms with Crippen LogP contribution < -0.4 is 5.32 Å². The van der Waals surface area contributed by atoms with E-state index in [0.29, 0.717) is 5.95 Å². The average Bonchev–Trinajstić information content (AvgIpc) is 2.69. The molecule has 0 atom stereocenters. The van der Waals surface area contributed by atoms with Gasteiger partial charge in [0.25, 0.3) is 0 Å². The summed E-state index contributed by atoms with van der Waals surface area (Å²) in [7, 11) is 4.18. The summed E-state index contributed by atoms with van der Waals surface area (Å²) in [6, 6.07) is 4.03. The van der Waals surface area contributed by atoms with E-state index in [0.717, 1.165) is 24.3 Å². The Morgan fingerprint density at radius 3 is 2.74 bits per heavy atom. The van der Waals surface area contributed by atoms with Gasteiger partial charge < -0.3 is 10.2 Å². The molecule has 2 heterocycles.